The summed E-state index contributed by atoms with van der Waals surface area (Å²) >= 11 is 0. The summed E-state index contributed by atoms with van der Waals surface area (Å²) in [4.78, 5) is 85.4. The normalized spacial score (nSPS) is 27.6. The Morgan fingerprint density at radius 3 is 2.45 bits per heavy atom. The van der Waals surface area contributed by atoms with Gasteiger partial charge in [-0.25, -0.2) is 42.1 Å². The van der Waals surface area contributed by atoms with Gasteiger partial charge in [0.15, 0.2) is 36.3 Å². The van der Waals surface area contributed by atoms with Crippen molar-refractivity contribution in [1.82, 2.24) is 34.4 Å². The highest BCUT2D eigenvalue weighted by atomic mass is 32.2. The van der Waals surface area contributed by atoms with Crippen molar-refractivity contribution in [2.45, 2.75) is 93.5 Å². The third-order valence-corrected chi connectivity index (χ3v) is 12.3. The highest BCUT2D eigenvalue weighted by Gasteiger charge is 2.54. The molecule has 1 amide bonds. The van der Waals surface area contributed by atoms with Crippen LogP contribution in [0.4, 0.5) is 11.6 Å². The van der Waals surface area contributed by atoms with Gasteiger partial charge in [-0.2, -0.15) is 4.98 Å². The van der Waals surface area contributed by atoms with Crippen LogP contribution < -0.4 is 22.5 Å². The van der Waals surface area contributed by atoms with Crippen molar-refractivity contribution in [2.24, 2.45) is 0 Å². The summed E-state index contributed by atoms with van der Waals surface area (Å²) < 4.78 is 96.8. The molecule has 31 heteroatoms. The molecule has 0 aliphatic carbocycles. The van der Waals surface area contributed by atoms with Crippen LogP contribution in [0, 0.1) is 0 Å². The number of aliphatic hydroxyl groups is 1. The number of hydrogen-bond donors (Lipinski definition) is 7. The fourth-order valence-electron chi connectivity index (χ4n) is 6.89. The first kappa shape index (κ1) is 49.1. The lowest BCUT2D eigenvalue weighted by Crippen LogP contribution is -2.47. The van der Waals surface area contributed by atoms with Gasteiger partial charge < -0.3 is 60.3 Å². The molecule has 28 nitrogen and oxygen atoms in total. The molecule has 6 rings (SSSR count). The highest BCUT2D eigenvalue weighted by molar-refractivity contribution is 7.90. The predicted molar refractivity (Wildman–Crippen MR) is 215 cm³/mol. The first-order valence-corrected chi connectivity index (χ1v) is 24.4. The summed E-state index contributed by atoms with van der Waals surface area (Å²) in [5, 5.41) is 14.1. The van der Waals surface area contributed by atoms with Crippen molar-refractivity contribution < 1.29 is 84.2 Å². The number of carbonyl (C=O) groups excluding carboxylic acids is 2. The summed E-state index contributed by atoms with van der Waals surface area (Å²) in [6.07, 6.45) is -8.02. The lowest BCUT2D eigenvalue weighted by atomic mass is 10.1. The molecule has 3 aromatic rings. The van der Waals surface area contributed by atoms with Gasteiger partial charge in [0.05, 0.1) is 25.3 Å². The minimum absolute atomic E-state index is 0.0414. The number of rotatable bonds is 21. The Balaban J connectivity index is 1.28. The van der Waals surface area contributed by atoms with E-state index < -0.39 is 130 Å². The fraction of sp³-hybridized carbons (Fsp3) is 0.606. The number of allylic oxidation sites excluding steroid dienone is 1. The van der Waals surface area contributed by atoms with Crippen LogP contribution in [0.5, 0.6) is 0 Å². The molecule has 9 N–H and O–H groups in total. The molecule has 64 heavy (non-hydrogen) atoms. The smallest absolute Gasteiger partial charge is 0.455 e. The van der Waals surface area contributed by atoms with E-state index in [2.05, 4.69) is 36.4 Å². The number of anilines is 2. The molecule has 354 valence electrons. The van der Waals surface area contributed by atoms with Crippen LogP contribution in [-0.4, -0.2) is 150 Å². The number of aromatic nitrogens is 6. The fourth-order valence-corrected chi connectivity index (χ4v) is 8.86. The van der Waals surface area contributed by atoms with E-state index in [1.54, 1.807) is 0 Å². The number of nitrogens with one attached hydrogen (secondary N) is 1. The maximum atomic E-state index is 13.9. The van der Waals surface area contributed by atoms with Gasteiger partial charge in [-0.15, -0.1) is 6.58 Å². The molecule has 3 aromatic heterocycles. The predicted octanol–water partition coefficient (Wildman–Crippen LogP) is -1.67. The van der Waals surface area contributed by atoms with Crippen molar-refractivity contribution in [2.75, 3.05) is 43.3 Å². The maximum absolute atomic E-state index is 13.9. The van der Waals surface area contributed by atoms with Gasteiger partial charge in [-0.1, -0.05) is 6.08 Å². The zero-order valence-electron chi connectivity index (χ0n) is 33.8. The number of aliphatic hydroxyl groups excluding tert-OH is 1. The Morgan fingerprint density at radius 1 is 1.06 bits per heavy atom. The lowest BCUT2D eigenvalue weighted by Gasteiger charge is -2.29. The summed E-state index contributed by atoms with van der Waals surface area (Å²) in [5.41, 5.74) is 10.8. The zero-order valence-corrected chi connectivity index (χ0v) is 36.4. The van der Waals surface area contributed by atoms with E-state index in [9.17, 15) is 51.7 Å². The van der Waals surface area contributed by atoms with Gasteiger partial charge in [-0.3, -0.25) is 27.5 Å². The van der Waals surface area contributed by atoms with E-state index in [1.807, 2.05) is 0 Å². The SMILES string of the molecule is C=CCCC(=O)NC(CCS(C)(=O)=O)C(=O)O[C@H]1[C@@H](O)[C@H](n2cnc3c(N)ncnc32)O[C@H]1COP(=O)(O)O[C@H]1[C@@H](OC2CCCO2)[C@H](n2ccc(N)nc2=O)O[C@@H]1COP(=O)(O)O. The minimum Gasteiger partial charge on any atom is -0.455 e. The number of fused-ring (bicyclic) bond motifs is 1. The van der Waals surface area contributed by atoms with Crippen LogP contribution >= 0.6 is 15.6 Å². The van der Waals surface area contributed by atoms with E-state index in [4.69, 9.17) is 44.2 Å². The van der Waals surface area contributed by atoms with Crippen LogP contribution in [-0.2, 0) is 65.8 Å². The Labute approximate surface area is 362 Å². The number of nitrogens with two attached hydrogens (primary N) is 2. The minimum atomic E-state index is -5.46. The summed E-state index contributed by atoms with van der Waals surface area (Å²) in [5.74, 6) is -2.64. The van der Waals surface area contributed by atoms with E-state index >= 15 is 0 Å². The first-order chi connectivity index (χ1) is 30.1. The van der Waals surface area contributed by atoms with Gasteiger partial charge in [0.25, 0.3) is 0 Å². The van der Waals surface area contributed by atoms with Gasteiger partial charge in [-0.05, 0) is 25.3 Å². The summed E-state index contributed by atoms with van der Waals surface area (Å²) in [7, 11) is -14.3. The largest absolute Gasteiger partial charge is 0.472 e. The Kier molecular flexibility index (Phi) is 15.7. The van der Waals surface area contributed by atoms with Crippen LogP contribution in [0.3, 0.4) is 0 Å². The number of sulfone groups is 1. The number of phosphoric ester groups is 2. The number of phosphoric acid groups is 2. The molecular formula is C33H47N9O19P2S. The van der Waals surface area contributed by atoms with Gasteiger partial charge >= 0.3 is 27.3 Å². The Morgan fingerprint density at radius 2 is 1.78 bits per heavy atom. The number of amides is 1. The third kappa shape index (κ3) is 12.5. The third-order valence-electron chi connectivity index (χ3n) is 9.87. The topological polar surface area (TPSA) is 400 Å². The number of nitrogens with zero attached hydrogens (tertiary/aromatic N) is 6. The molecule has 0 aromatic carbocycles. The molecule has 3 fully saturated rings. The Hall–Kier alpha value is -4.32. The molecular weight excluding hydrogens is 920 g/mol. The van der Waals surface area contributed by atoms with E-state index in [1.165, 1.54) is 29.2 Å². The molecule has 3 aliphatic heterocycles. The van der Waals surface area contributed by atoms with Gasteiger partial charge in [0, 0.05) is 31.9 Å². The van der Waals surface area contributed by atoms with Gasteiger partial charge in [0.2, 0.25) is 5.91 Å². The molecule has 3 saturated heterocycles. The molecule has 0 bridgehead atoms. The zero-order chi connectivity index (χ0) is 46.6. The molecule has 6 heterocycles. The number of hydrogen-bond acceptors (Lipinski definition) is 22. The summed E-state index contributed by atoms with van der Waals surface area (Å²) in [6, 6.07) is -0.337. The molecule has 0 spiro atoms. The van der Waals surface area contributed by atoms with Crippen molar-refractivity contribution in [1.29, 1.82) is 0 Å². The first-order valence-electron chi connectivity index (χ1n) is 19.3. The molecule has 3 aliphatic rings. The summed E-state index contributed by atoms with van der Waals surface area (Å²) in [6.45, 7) is 1.81. The van der Waals surface area contributed by atoms with Crippen LogP contribution in [0.2, 0.25) is 0 Å². The van der Waals surface area contributed by atoms with E-state index in [0.717, 1.165) is 17.2 Å². The van der Waals surface area contributed by atoms with Crippen molar-refractivity contribution in [3.8, 4) is 0 Å². The van der Waals surface area contributed by atoms with Crippen molar-refractivity contribution >= 4 is 60.2 Å². The van der Waals surface area contributed by atoms with Crippen molar-refractivity contribution in [3.05, 3.63) is 48.1 Å². The monoisotopic (exact) mass is 967 g/mol. The van der Waals surface area contributed by atoms with Crippen LogP contribution in [0.15, 0.2) is 42.4 Å². The van der Waals surface area contributed by atoms with E-state index in [0.29, 0.717) is 12.8 Å². The highest BCUT2D eigenvalue weighted by Crippen LogP contribution is 2.51. The molecule has 11 atom stereocenters. The molecule has 0 radical (unpaired) electrons. The number of esters is 1. The molecule has 3 unspecified atom stereocenters. The Bertz CT molecular complexity index is 2430. The quantitative estimate of drug-likeness (QED) is 0.0357. The number of nitrogen functional groups attached to an aromatic ring is 2. The lowest BCUT2D eigenvalue weighted by molar-refractivity contribution is -0.181. The number of carbonyl (C=O) groups is 2. The average molecular weight is 968 g/mol. The standard InChI is InChI=1S/C33H47N9O19P2S/c1-3-4-6-21(43)39-17(9-12-64(2,52)53)32(45)60-25-18(57-30(24(25)44)42-16-38-23-28(35)36-15-37-29(23)42)14-56-63(50,51)61-26-19(13-55-62(47,48)49)58-31(27(26)59-22-7-5-11-54-22)41-10-8-20(34)40-33(41)46/h3,8,10,15-19,22,24-27,30-31,44H,1,4-7,9,11-14H2,2H3,(H,39,43)(H,50,51)(H2,34,40,46)(H2,35,36,37)(H2,47,48,49)/t17?,18-,19+,22?,24+,25+,26+,27+,30+,31+/m0/s1. The number of ether oxygens (including phenoxy) is 5. The molecule has 0 saturated carbocycles. The van der Waals surface area contributed by atoms with Crippen LogP contribution in [0.1, 0.15) is 44.6 Å². The second-order valence-corrected chi connectivity index (χ2v) is 19.6. The second kappa shape index (κ2) is 20.5. The van der Waals surface area contributed by atoms with Crippen molar-refractivity contribution in [3.63, 3.8) is 0 Å². The van der Waals surface area contributed by atoms with Gasteiger partial charge in [0.1, 0.15) is 64.1 Å². The maximum Gasteiger partial charge on any atom is 0.472 e. The average Bonchev–Trinajstić information content (AvgIpc) is 4.01. The second-order valence-electron chi connectivity index (χ2n) is 14.7. The number of imidazole rings is 1. The van der Waals surface area contributed by atoms with E-state index in [-0.39, 0.29) is 42.2 Å². The van der Waals surface area contributed by atoms with Crippen LogP contribution in [0.25, 0.3) is 11.2 Å².